The Morgan fingerprint density at radius 1 is 1.89 bits per heavy atom. The summed E-state index contributed by atoms with van der Waals surface area (Å²) >= 11 is 1.62. The molecule has 3 nitrogen and oxygen atoms in total. The average molecular weight is 144 g/mol. The Morgan fingerprint density at radius 2 is 2.67 bits per heavy atom. The molecule has 0 aromatic rings. The quantitative estimate of drug-likeness (QED) is 0.494. The minimum atomic E-state index is -0.382. The molecule has 1 saturated heterocycles. The number of nitrogens with one attached hydrogen (secondary N) is 1. The van der Waals surface area contributed by atoms with Gasteiger partial charge in [0, 0.05) is 18.4 Å². The van der Waals surface area contributed by atoms with Gasteiger partial charge in [0.1, 0.15) is 0 Å². The summed E-state index contributed by atoms with van der Waals surface area (Å²) in [6, 6.07) is 0. The molecular weight excluding hydrogens is 136 g/mol. The van der Waals surface area contributed by atoms with Crippen LogP contribution < -0.4 is 11.1 Å². The van der Waals surface area contributed by atoms with Crippen LogP contribution in [0, 0.1) is 0 Å². The third-order valence-corrected chi connectivity index (χ3v) is 1.91. The van der Waals surface area contributed by atoms with Crippen molar-refractivity contribution in [3.8, 4) is 0 Å². The molecule has 1 rings (SSSR count). The van der Waals surface area contributed by atoms with E-state index in [4.69, 9.17) is 5.73 Å². The average Bonchev–Trinajstić information content (AvgIpc) is 2.15. The van der Waals surface area contributed by atoms with Crippen molar-refractivity contribution in [1.82, 2.24) is 5.32 Å². The van der Waals surface area contributed by atoms with Crippen LogP contribution in [0.5, 0.6) is 0 Å². The molecule has 0 radical (unpaired) electrons. The highest BCUT2D eigenvalue weighted by Gasteiger charge is 2.05. The van der Waals surface area contributed by atoms with Crippen molar-refractivity contribution in [3.63, 3.8) is 0 Å². The van der Waals surface area contributed by atoms with Gasteiger partial charge in [-0.05, 0) is 0 Å². The molecule has 0 unspecified atom stereocenters. The molecule has 50 valence electrons. The SMILES string of the molecule is NC(=O)/C=C1/NCCS1. The maximum Gasteiger partial charge on any atom is 0.244 e. The first-order valence-corrected chi connectivity index (χ1v) is 3.65. The molecule has 0 bridgehead atoms. The zero-order valence-electron chi connectivity index (χ0n) is 4.89. The van der Waals surface area contributed by atoms with Gasteiger partial charge in [0.2, 0.25) is 5.91 Å². The lowest BCUT2D eigenvalue weighted by atomic mass is 10.6. The van der Waals surface area contributed by atoms with Crippen LogP contribution in [0.25, 0.3) is 0 Å². The fourth-order valence-corrected chi connectivity index (χ4v) is 1.44. The first-order valence-electron chi connectivity index (χ1n) is 2.67. The largest absolute Gasteiger partial charge is 0.379 e. The minimum absolute atomic E-state index is 0.382. The zero-order chi connectivity index (χ0) is 6.69. The lowest BCUT2D eigenvalue weighted by Gasteiger charge is -1.91. The lowest BCUT2D eigenvalue weighted by molar-refractivity contribution is -0.113. The summed E-state index contributed by atoms with van der Waals surface area (Å²) in [7, 11) is 0. The Hall–Kier alpha value is -0.640. The Morgan fingerprint density at radius 3 is 3.11 bits per heavy atom. The minimum Gasteiger partial charge on any atom is -0.379 e. The second kappa shape index (κ2) is 2.77. The van der Waals surface area contributed by atoms with Crippen LogP contribution in [0.1, 0.15) is 0 Å². The number of primary amides is 1. The van der Waals surface area contributed by atoms with Crippen LogP contribution >= 0.6 is 11.8 Å². The molecule has 0 spiro atoms. The predicted octanol–water partition coefficient (Wildman–Crippen LogP) is -0.351. The number of carbonyl (C=O) groups excluding carboxylic acids is 1. The van der Waals surface area contributed by atoms with Gasteiger partial charge >= 0.3 is 0 Å². The highest BCUT2D eigenvalue weighted by molar-refractivity contribution is 8.03. The molecule has 1 aliphatic rings. The van der Waals surface area contributed by atoms with E-state index in [0.717, 1.165) is 17.3 Å². The molecule has 1 fully saturated rings. The monoisotopic (exact) mass is 144 g/mol. The van der Waals surface area contributed by atoms with Crippen LogP contribution in [-0.2, 0) is 4.79 Å². The van der Waals surface area contributed by atoms with E-state index in [1.165, 1.54) is 6.08 Å². The smallest absolute Gasteiger partial charge is 0.244 e. The van der Waals surface area contributed by atoms with Gasteiger partial charge in [-0.3, -0.25) is 4.79 Å². The van der Waals surface area contributed by atoms with Gasteiger partial charge in [-0.25, -0.2) is 0 Å². The fourth-order valence-electron chi connectivity index (χ4n) is 0.608. The third-order valence-electron chi connectivity index (χ3n) is 0.932. The molecular formula is C5H8N2OS. The van der Waals surface area contributed by atoms with Gasteiger partial charge in [0.15, 0.2) is 0 Å². The van der Waals surface area contributed by atoms with Crippen LogP contribution in [0.3, 0.4) is 0 Å². The van der Waals surface area contributed by atoms with Gasteiger partial charge in [0.25, 0.3) is 0 Å². The highest BCUT2D eigenvalue weighted by Crippen LogP contribution is 2.16. The Balaban J connectivity index is 2.49. The summed E-state index contributed by atoms with van der Waals surface area (Å²) in [6.45, 7) is 0.934. The summed E-state index contributed by atoms with van der Waals surface area (Å²) in [6.07, 6.45) is 1.41. The highest BCUT2D eigenvalue weighted by atomic mass is 32.2. The molecule has 0 aromatic carbocycles. The number of rotatable bonds is 1. The third kappa shape index (κ3) is 1.97. The summed E-state index contributed by atoms with van der Waals surface area (Å²) < 4.78 is 0. The van der Waals surface area contributed by atoms with Crippen molar-refractivity contribution in [2.24, 2.45) is 5.73 Å². The number of thioether (sulfide) groups is 1. The molecule has 1 heterocycles. The number of nitrogens with two attached hydrogens (primary N) is 1. The van der Waals surface area contributed by atoms with E-state index in [2.05, 4.69) is 5.32 Å². The molecule has 3 N–H and O–H groups in total. The molecule has 9 heavy (non-hydrogen) atoms. The van der Waals surface area contributed by atoms with Crippen LogP contribution in [-0.4, -0.2) is 18.2 Å². The fraction of sp³-hybridized carbons (Fsp3) is 0.400. The maximum atomic E-state index is 10.2. The van der Waals surface area contributed by atoms with Crippen molar-refractivity contribution in [2.45, 2.75) is 0 Å². The van der Waals surface area contributed by atoms with Crippen molar-refractivity contribution < 1.29 is 4.79 Å². The van der Waals surface area contributed by atoms with Crippen LogP contribution in [0.15, 0.2) is 11.1 Å². The number of carbonyl (C=O) groups is 1. The number of amides is 1. The first-order chi connectivity index (χ1) is 4.29. The van der Waals surface area contributed by atoms with Gasteiger partial charge in [-0.1, -0.05) is 0 Å². The molecule has 1 amide bonds. The van der Waals surface area contributed by atoms with Crippen molar-refractivity contribution in [1.29, 1.82) is 0 Å². The molecule has 0 atom stereocenters. The van der Waals surface area contributed by atoms with E-state index in [-0.39, 0.29) is 5.91 Å². The topological polar surface area (TPSA) is 55.1 Å². The Bertz CT molecular complexity index is 147. The van der Waals surface area contributed by atoms with Crippen molar-refractivity contribution >= 4 is 17.7 Å². The van der Waals surface area contributed by atoms with Crippen LogP contribution in [0.2, 0.25) is 0 Å². The summed E-state index contributed by atoms with van der Waals surface area (Å²) in [5.41, 5.74) is 4.90. The van der Waals surface area contributed by atoms with Gasteiger partial charge in [-0.15, -0.1) is 11.8 Å². The normalized spacial score (nSPS) is 22.0. The van der Waals surface area contributed by atoms with Crippen molar-refractivity contribution in [2.75, 3.05) is 12.3 Å². The number of hydrogen-bond acceptors (Lipinski definition) is 3. The second-order valence-corrected chi connectivity index (χ2v) is 2.82. The Kier molecular flexibility index (Phi) is 2.00. The maximum absolute atomic E-state index is 10.2. The van der Waals surface area contributed by atoms with Gasteiger partial charge in [0.05, 0.1) is 5.03 Å². The molecule has 4 heteroatoms. The van der Waals surface area contributed by atoms with E-state index in [0.29, 0.717) is 0 Å². The van der Waals surface area contributed by atoms with E-state index in [9.17, 15) is 4.79 Å². The lowest BCUT2D eigenvalue weighted by Crippen LogP contribution is -2.11. The summed E-state index contributed by atoms with van der Waals surface area (Å²) in [4.78, 5) is 10.2. The summed E-state index contributed by atoms with van der Waals surface area (Å²) in [5.74, 6) is 0.644. The molecule has 0 aromatic heterocycles. The van der Waals surface area contributed by atoms with Gasteiger partial charge in [-0.2, -0.15) is 0 Å². The zero-order valence-corrected chi connectivity index (χ0v) is 5.70. The summed E-state index contributed by atoms with van der Waals surface area (Å²) in [5, 5.41) is 3.90. The molecule has 0 saturated carbocycles. The van der Waals surface area contributed by atoms with E-state index < -0.39 is 0 Å². The standard InChI is InChI=1S/C5H8N2OS/c6-4(8)3-5-7-1-2-9-5/h3,7H,1-2H2,(H2,6,8)/b5-3-. The second-order valence-electron chi connectivity index (χ2n) is 1.69. The molecule has 0 aliphatic carbocycles. The molecule has 1 aliphatic heterocycles. The van der Waals surface area contributed by atoms with E-state index in [1.807, 2.05) is 0 Å². The number of hydrogen-bond donors (Lipinski definition) is 2. The first kappa shape index (κ1) is 6.48. The van der Waals surface area contributed by atoms with E-state index in [1.54, 1.807) is 11.8 Å². The van der Waals surface area contributed by atoms with E-state index >= 15 is 0 Å². The Labute approximate surface area is 57.7 Å². The van der Waals surface area contributed by atoms with Crippen LogP contribution in [0.4, 0.5) is 0 Å². The van der Waals surface area contributed by atoms with Gasteiger partial charge < -0.3 is 11.1 Å². The van der Waals surface area contributed by atoms with Crippen molar-refractivity contribution in [3.05, 3.63) is 11.1 Å². The predicted molar refractivity (Wildman–Crippen MR) is 37.7 cm³/mol.